The highest BCUT2D eigenvalue weighted by Crippen LogP contribution is 2.31. The Morgan fingerprint density at radius 1 is 1.17 bits per heavy atom. The van der Waals surface area contributed by atoms with Gasteiger partial charge in [-0.2, -0.15) is 0 Å². The van der Waals surface area contributed by atoms with E-state index in [0.717, 1.165) is 0 Å². The van der Waals surface area contributed by atoms with Crippen LogP contribution in [0, 0.1) is 0 Å². The third kappa shape index (κ3) is 2.13. The van der Waals surface area contributed by atoms with E-state index in [1.54, 1.807) is 0 Å². The summed E-state index contributed by atoms with van der Waals surface area (Å²) in [5.74, 6) is 0.638. The molecule has 1 aliphatic heterocycles. The Balaban J connectivity index is 1.91. The predicted molar refractivity (Wildman–Crippen MR) is 75.8 cm³/mol. The molecule has 0 N–H and O–H groups in total. The van der Waals surface area contributed by atoms with E-state index in [0.29, 0.717) is 5.92 Å². The van der Waals surface area contributed by atoms with E-state index >= 15 is 0 Å². The van der Waals surface area contributed by atoms with Crippen molar-refractivity contribution in [3.63, 3.8) is 0 Å². The van der Waals surface area contributed by atoms with E-state index in [2.05, 4.69) is 47.1 Å². The molecule has 0 saturated carbocycles. The molecule has 1 saturated heterocycles. The van der Waals surface area contributed by atoms with Gasteiger partial charge in [0.05, 0.1) is 5.69 Å². The summed E-state index contributed by atoms with van der Waals surface area (Å²) < 4.78 is 0. The van der Waals surface area contributed by atoms with Crippen LogP contribution in [-0.4, -0.2) is 29.5 Å². The number of rotatable bonds is 2. The van der Waals surface area contributed by atoms with Crippen LogP contribution in [0.1, 0.15) is 31.4 Å². The van der Waals surface area contributed by atoms with Gasteiger partial charge < -0.3 is 4.90 Å². The number of aromatic nitrogens is 1. The molecule has 1 fully saturated rings. The summed E-state index contributed by atoms with van der Waals surface area (Å²) in [7, 11) is 0. The van der Waals surface area contributed by atoms with E-state index in [-0.39, 0.29) is 0 Å². The van der Waals surface area contributed by atoms with Crippen molar-refractivity contribution < 1.29 is 0 Å². The number of likely N-dealkylation sites (tertiary alicyclic amines) is 1. The Kier molecular flexibility index (Phi) is 3.28. The van der Waals surface area contributed by atoms with Crippen LogP contribution in [0.2, 0.25) is 0 Å². The Hall–Kier alpha value is -1.41. The van der Waals surface area contributed by atoms with Gasteiger partial charge in [0.1, 0.15) is 0 Å². The first-order chi connectivity index (χ1) is 8.88. The highest BCUT2D eigenvalue weighted by Gasteiger charge is 2.21. The molecule has 0 radical (unpaired) electrons. The molecule has 94 valence electrons. The highest BCUT2D eigenvalue weighted by atomic mass is 15.1. The molecule has 0 unspecified atom stereocenters. The molecule has 0 bridgehead atoms. The third-order valence-corrected chi connectivity index (χ3v) is 4.13. The first-order valence-electron chi connectivity index (χ1n) is 6.94. The standard InChI is InChI=1S/C16H20N2/c1-2-18-11-8-14(9-12-18)16-15-6-4-3-5-13(15)7-10-17-16/h3-7,10,14H,2,8-9,11-12H2,1H3. The Bertz CT molecular complexity index is 522. The maximum absolute atomic E-state index is 4.66. The van der Waals surface area contributed by atoms with Crippen LogP contribution < -0.4 is 0 Å². The number of piperidine rings is 1. The first kappa shape index (κ1) is 11.7. The zero-order valence-electron chi connectivity index (χ0n) is 11.0. The summed E-state index contributed by atoms with van der Waals surface area (Å²) in [5.41, 5.74) is 1.31. The van der Waals surface area contributed by atoms with Gasteiger partial charge in [-0.25, -0.2) is 0 Å². The molecule has 0 amide bonds. The van der Waals surface area contributed by atoms with Crippen molar-refractivity contribution in [2.24, 2.45) is 0 Å². The van der Waals surface area contributed by atoms with Crippen LogP contribution in [0.4, 0.5) is 0 Å². The number of hydrogen-bond acceptors (Lipinski definition) is 2. The second-order valence-electron chi connectivity index (χ2n) is 5.13. The van der Waals surface area contributed by atoms with Gasteiger partial charge in [-0.15, -0.1) is 0 Å². The van der Waals surface area contributed by atoms with Crippen molar-refractivity contribution in [3.05, 3.63) is 42.2 Å². The Morgan fingerprint density at radius 2 is 1.94 bits per heavy atom. The van der Waals surface area contributed by atoms with Crippen molar-refractivity contribution >= 4 is 10.8 Å². The highest BCUT2D eigenvalue weighted by molar-refractivity contribution is 5.84. The molecule has 2 aromatic rings. The van der Waals surface area contributed by atoms with Crippen molar-refractivity contribution in [1.29, 1.82) is 0 Å². The van der Waals surface area contributed by atoms with E-state index in [9.17, 15) is 0 Å². The van der Waals surface area contributed by atoms with Gasteiger partial charge in [-0.3, -0.25) is 4.98 Å². The number of benzene rings is 1. The lowest BCUT2D eigenvalue weighted by Gasteiger charge is -2.31. The number of pyridine rings is 1. The van der Waals surface area contributed by atoms with Gasteiger partial charge in [0.25, 0.3) is 0 Å². The predicted octanol–water partition coefficient (Wildman–Crippen LogP) is 3.43. The largest absolute Gasteiger partial charge is 0.304 e. The van der Waals surface area contributed by atoms with Crippen molar-refractivity contribution in [2.75, 3.05) is 19.6 Å². The fourth-order valence-electron chi connectivity index (χ4n) is 2.99. The van der Waals surface area contributed by atoms with Gasteiger partial charge in [0, 0.05) is 17.5 Å². The van der Waals surface area contributed by atoms with Crippen molar-refractivity contribution in [2.45, 2.75) is 25.7 Å². The quantitative estimate of drug-likeness (QED) is 0.799. The van der Waals surface area contributed by atoms with Crippen LogP contribution >= 0.6 is 0 Å². The fourth-order valence-corrected chi connectivity index (χ4v) is 2.99. The van der Waals surface area contributed by atoms with Gasteiger partial charge in [-0.05, 0) is 43.9 Å². The molecule has 18 heavy (non-hydrogen) atoms. The van der Waals surface area contributed by atoms with Crippen LogP contribution in [0.15, 0.2) is 36.5 Å². The molecule has 0 atom stereocenters. The minimum absolute atomic E-state index is 0.638. The molecular weight excluding hydrogens is 220 g/mol. The summed E-state index contributed by atoms with van der Waals surface area (Å²) in [4.78, 5) is 7.19. The number of nitrogens with zero attached hydrogens (tertiary/aromatic N) is 2. The third-order valence-electron chi connectivity index (χ3n) is 4.13. The maximum Gasteiger partial charge on any atom is 0.0513 e. The number of fused-ring (bicyclic) bond motifs is 1. The molecule has 1 aliphatic rings. The zero-order valence-corrected chi connectivity index (χ0v) is 11.0. The number of hydrogen-bond donors (Lipinski definition) is 0. The first-order valence-corrected chi connectivity index (χ1v) is 6.94. The minimum Gasteiger partial charge on any atom is -0.304 e. The molecule has 0 aliphatic carbocycles. The molecule has 2 heteroatoms. The monoisotopic (exact) mass is 240 g/mol. The van der Waals surface area contributed by atoms with Gasteiger partial charge in [-0.1, -0.05) is 31.2 Å². The summed E-state index contributed by atoms with van der Waals surface area (Å²) in [6, 6.07) is 10.7. The second kappa shape index (κ2) is 5.07. The smallest absolute Gasteiger partial charge is 0.0513 e. The van der Waals surface area contributed by atoms with Crippen LogP contribution in [0.5, 0.6) is 0 Å². The van der Waals surface area contributed by atoms with Crippen molar-refractivity contribution in [1.82, 2.24) is 9.88 Å². The van der Waals surface area contributed by atoms with Gasteiger partial charge in [0.15, 0.2) is 0 Å². The molecule has 1 aromatic carbocycles. The molecule has 1 aromatic heterocycles. The molecule has 2 heterocycles. The SMILES string of the molecule is CCN1CCC(c2nccc3ccccc23)CC1. The average molecular weight is 240 g/mol. The molecule has 2 nitrogen and oxygen atoms in total. The molecule has 3 rings (SSSR count). The summed E-state index contributed by atoms with van der Waals surface area (Å²) >= 11 is 0. The normalized spacial score (nSPS) is 18.3. The Morgan fingerprint density at radius 3 is 2.72 bits per heavy atom. The van der Waals surface area contributed by atoms with E-state index in [1.807, 2.05) is 6.20 Å². The van der Waals surface area contributed by atoms with Gasteiger partial charge >= 0.3 is 0 Å². The van der Waals surface area contributed by atoms with Crippen LogP contribution in [0.3, 0.4) is 0 Å². The topological polar surface area (TPSA) is 16.1 Å². The summed E-state index contributed by atoms with van der Waals surface area (Å²) in [6.45, 7) is 5.85. The summed E-state index contributed by atoms with van der Waals surface area (Å²) in [6.07, 6.45) is 4.45. The summed E-state index contributed by atoms with van der Waals surface area (Å²) in [5, 5.41) is 2.66. The minimum atomic E-state index is 0.638. The van der Waals surface area contributed by atoms with E-state index in [4.69, 9.17) is 0 Å². The van der Waals surface area contributed by atoms with Crippen LogP contribution in [-0.2, 0) is 0 Å². The fraction of sp³-hybridized carbons (Fsp3) is 0.438. The Labute approximate surface area is 109 Å². The second-order valence-corrected chi connectivity index (χ2v) is 5.13. The average Bonchev–Trinajstić information content (AvgIpc) is 2.47. The maximum atomic E-state index is 4.66. The van der Waals surface area contributed by atoms with E-state index < -0.39 is 0 Å². The van der Waals surface area contributed by atoms with E-state index in [1.165, 1.54) is 48.9 Å². The van der Waals surface area contributed by atoms with Gasteiger partial charge in [0.2, 0.25) is 0 Å². The lowest BCUT2D eigenvalue weighted by atomic mass is 9.90. The zero-order chi connectivity index (χ0) is 12.4. The molecular formula is C16H20N2. The lowest BCUT2D eigenvalue weighted by Crippen LogP contribution is -2.32. The lowest BCUT2D eigenvalue weighted by molar-refractivity contribution is 0.221. The molecule has 0 spiro atoms. The van der Waals surface area contributed by atoms with Crippen molar-refractivity contribution in [3.8, 4) is 0 Å². The van der Waals surface area contributed by atoms with Crippen LogP contribution in [0.25, 0.3) is 10.8 Å².